The molecule has 48 heavy (non-hydrogen) atoms. The van der Waals surface area contributed by atoms with E-state index in [-0.39, 0.29) is 17.1 Å². The molecular formula is C41H47CuN6+. The minimum Gasteiger partial charge on any atom is -0.498 e. The number of hydrogen-bond acceptors (Lipinski definition) is 6. The van der Waals surface area contributed by atoms with E-state index in [1.807, 2.05) is 0 Å². The van der Waals surface area contributed by atoms with Crippen molar-refractivity contribution in [2.75, 3.05) is 22.9 Å². The molecule has 251 valence electrons. The third-order valence-corrected chi connectivity index (χ3v) is 8.52. The zero-order valence-corrected chi connectivity index (χ0v) is 29.1. The van der Waals surface area contributed by atoms with Crippen molar-refractivity contribution in [2.24, 2.45) is 0 Å². The molecule has 7 heteroatoms. The van der Waals surface area contributed by atoms with Gasteiger partial charge in [0.2, 0.25) is 0 Å². The molecule has 2 aromatic heterocycles. The summed E-state index contributed by atoms with van der Waals surface area (Å²) >= 11 is 0. The SMILES string of the molecule is CCCN1Cc2cccc(n2)CN(CCC)Cc2cccc(n2)C1.[Cu+2].c1ccc(CN2[CH-]N(Cc3ccccc3)c3ccccc32)cc1. The van der Waals surface area contributed by atoms with Crippen molar-refractivity contribution in [1.82, 2.24) is 19.8 Å². The van der Waals surface area contributed by atoms with Crippen molar-refractivity contribution < 1.29 is 17.1 Å². The van der Waals surface area contributed by atoms with E-state index >= 15 is 0 Å². The number of nitrogens with zero attached hydrogens (tertiary/aromatic N) is 6. The molecule has 0 spiro atoms. The average molecular weight is 687 g/mol. The maximum Gasteiger partial charge on any atom is 2.00 e. The number of aromatic nitrogens is 2. The van der Waals surface area contributed by atoms with Gasteiger partial charge in [-0.3, -0.25) is 19.8 Å². The van der Waals surface area contributed by atoms with Crippen molar-refractivity contribution in [1.29, 1.82) is 0 Å². The second-order valence-corrected chi connectivity index (χ2v) is 12.5. The van der Waals surface area contributed by atoms with Crippen molar-refractivity contribution in [3.8, 4) is 0 Å². The van der Waals surface area contributed by atoms with Gasteiger partial charge in [-0.15, -0.1) is 0 Å². The normalized spacial score (nSPS) is 14.5. The Labute approximate surface area is 297 Å². The largest absolute Gasteiger partial charge is 2.00 e. The minimum atomic E-state index is 0. The Morgan fingerprint density at radius 2 is 0.833 bits per heavy atom. The van der Waals surface area contributed by atoms with E-state index < -0.39 is 0 Å². The summed E-state index contributed by atoms with van der Waals surface area (Å²) in [6.45, 7) is 14.2. The molecule has 0 saturated heterocycles. The molecule has 4 bridgehead atoms. The molecule has 0 amide bonds. The van der Waals surface area contributed by atoms with Crippen molar-refractivity contribution >= 4 is 11.4 Å². The second-order valence-electron chi connectivity index (χ2n) is 12.5. The van der Waals surface area contributed by atoms with E-state index in [9.17, 15) is 0 Å². The van der Waals surface area contributed by atoms with Gasteiger partial charge in [0.15, 0.2) is 0 Å². The van der Waals surface area contributed by atoms with Crippen LogP contribution in [0.15, 0.2) is 121 Å². The Balaban J connectivity index is 0.000000184. The summed E-state index contributed by atoms with van der Waals surface area (Å²) < 4.78 is 0. The van der Waals surface area contributed by atoms with Gasteiger partial charge in [-0.1, -0.05) is 98.8 Å². The van der Waals surface area contributed by atoms with E-state index in [4.69, 9.17) is 9.97 Å². The van der Waals surface area contributed by atoms with Gasteiger partial charge >= 0.3 is 17.1 Å². The summed E-state index contributed by atoms with van der Waals surface area (Å²) in [6, 6.07) is 42.7. The number of hydrogen-bond donors (Lipinski definition) is 0. The van der Waals surface area contributed by atoms with Crippen LogP contribution in [0.5, 0.6) is 0 Å². The van der Waals surface area contributed by atoms with Crippen LogP contribution in [0.25, 0.3) is 0 Å². The number of anilines is 2. The first-order valence-corrected chi connectivity index (χ1v) is 17.1. The Bertz CT molecular complexity index is 1510. The molecule has 0 atom stereocenters. The summed E-state index contributed by atoms with van der Waals surface area (Å²) in [5.74, 6) is 0. The van der Waals surface area contributed by atoms with E-state index in [0.29, 0.717) is 0 Å². The zero-order valence-electron chi connectivity index (χ0n) is 28.2. The number of para-hydroxylation sites is 2. The fourth-order valence-electron chi connectivity index (χ4n) is 6.44. The quantitative estimate of drug-likeness (QED) is 0.121. The molecule has 0 fully saturated rings. The van der Waals surface area contributed by atoms with Crippen LogP contribution >= 0.6 is 0 Å². The molecule has 0 aliphatic carbocycles. The molecule has 6 nitrogen and oxygen atoms in total. The number of fused-ring (bicyclic) bond motifs is 5. The monoisotopic (exact) mass is 686 g/mol. The molecule has 2 aliphatic heterocycles. The van der Waals surface area contributed by atoms with Crippen LogP contribution in [0.1, 0.15) is 60.6 Å². The minimum absolute atomic E-state index is 0. The fraction of sp³-hybridized carbons (Fsp3) is 0.293. The molecule has 0 saturated carbocycles. The topological polar surface area (TPSA) is 38.7 Å². The first-order chi connectivity index (χ1) is 23.2. The van der Waals surface area contributed by atoms with E-state index in [2.05, 4.69) is 161 Å². The van der Waals surface area contributed by atoms with Gasteiger partial charge in [0.05, 0.1) is 22.8 Å². The predicted octanol–water partition coefficient (Wildman–Crippen LogP) is 8.44. The Morgan fingerprint density at radius 1 is 0.479 bits per heavy atom. The molecule has 0 N–H and O–H groups in total. The summed E-state index contributed by atoms with van der Waals surface area (Å²) in [5, 5.41) is 0. The Hall–Kier alpha value is -4.00. The van der Waals surface area contributed by atoms with Gasteiger partial charge in [-0.25, -0.2) is 0 Å². The van der Waals surface area contributed by atoms with Crippen molar-refractivity contribution in [3.63, 3.8) is 0 Å². The summed E-state index contributed by atoms with van der Waals surface area (Å²) in [4.78, 5) is 19.4. The third kappa shape index (κ3) is 9.77. The molecule has 1 radical (unpaired) electrons. The summed E-state index contributed by atoms with van der Waals surface area (Å²) in [6.07, 6.45) is 2.29. The van der Waals surface area contributed by atoms with Crippen LogP contribution in [0.2, 0.25) is 0 Å². The van der Waals surface area contributed by atoms with Crippen molar-refractivity contribution in [2.45, 2.75) is 66.0 Å². The molecule has 2 aliphatic rings. The number of rotatable bonds is 8. The summed E-state index contributed by atoms with van der Waals surface area (Å²) in [7, 11) is 0. The molecule has 0 unspecified atom stereocenters. The van der Waals surface area contributed by atoms with E-state index in [0.717, 1.165) is 88.0 Å². The first-order valence-electron chi connectivity index (χ1n) is 17.1. The molecule has 7 rings (SSSR count). The van der Waals surface area contributed by atoms with Gasteiger partial charge in [0.25, 0.3) is 0 Å². The molecular weight excluding hydrogens is 640 g/mol. The van der Waals surface area contributed by atoms with Gasteiger partial charge < -0.3 is 9.80 Å². The Morgan fingerprint density at radius 3 is 1.19 bits per heavy atom. The van der Waals surface area contributed by atoms with Gasteiger partial charge in [0.1, 0.15) is 0 Å². The van der Waals surface area contributed by atoms with Crippen LogP contribution in [0.4, 0.5) is 11.4 Å². The van der Waals surface area contributed by atoms with Crippen molar-refractivity contribution in [3.05, 3.63) is 162 Å². The Kier molecular flexibility index (Phi) is 13.2. The van der Waals surface area contributed by atoms with E-state index in [1.54, 1.807) is 0 Å². The number of pyridine rings is 2. The van der Waals surface area contributed by atoms with Gasteiger partial charge in [0, 0.05) is 50.6 Å². The third-order valence-electron chi connectivity index (χ3n) is 8.52. The van der Waals surface area contributed by atoms with Crippen LogP contribution in [-0.2, 0) is 56.3 Å². The van der Waals surface area contributed by atoms with Crippen LogP contribution in [0, 0.1) is 6.67 Å². The van der Waals surface area contributed by atoms with Crippen LogP contribution in [0.3, 0.4) is 0 Å². The van der Waals surface area contributed by atoms with Gasteiger partial charge in [-0.2, -0.15) is 6.67 Å². The maximum absolute atomic E-state index is 4.90. The molecule has 4 heterocycles. The number of benzene rings is 3. The maximum atomic E-state index is 4.90. The smallest absolute Gasteiger partial charge is 0.498 e. The zero-order chi connectivity index (χ0) is 32.3. The second kappa shape index (κ2) is 18.0. The fourth-order valence-corrected chi connectivity index (χ4v) is 6.44. The van der Waals surface area contributed by atoms with Gasteiger partial charge in [-0.05, 0) is 73.5 Å². The van der Waals surface area contributed by atoms with E-state index in [1.165, 1.54) is 22.5 Å². The average Bonchev–Trinajstić information content (AvgIpc) is 3.42. The summed E-state index contributed by atoms with van der Waals surface area (Å²) in [5.41, 5.74) is 9.83. The van der Waals surface area contributed by atoms with Crippen LogP contribution in [-0.4, -0.2) is 32.9 Å². The predicted molar refractivity (Wildman–Crippen MR) is 193 cm³/mol. The molecule has 3 aromatic carbocycles. The van der Waals surface area contributed by atoms with Crippen LogP contribution < -0.4 is 9.80 Å². The molecule has 5 aromatic rings. The standard InChI is InChI=1S/C21H19N2.C20H28N4.Cu/c1-3-9-18(10-4-1)15-22-17-23(16-19-11-5-2-6-12-19)21-14-8-7-13-20(21)22;1-3-11-23-13-17-7-5-9-19(21-17)15-24(12-4-2)16-20-10-6-8-18(14-23)22-20;/h1-14,17H,15-16H2;5-10H,3-4,11-16H2,1-2H3;/q-1;;+2. The first kappa shape index (κ1) is 35.3.